The number of aliphatic hydroxyl groups is 1. The summed E-state index contributed by atoms with van der Waals surface area (Å²) in [4.78, 5) is 0. The van der Waals surface area contributed by atoms with Gasteiger partial charge in [0.05, 0.1) is 36.8 Å². The van der Waals surface area contributed by atoms with E-state index in [-0.39, 0.29) is 12.4 Å². The molecule has 0 aromatic carbocycles. The van der Waals surface area contributed by atoms with Crippen LogP contribution in [0.3, 0.4) is 0 Å². The predicted octanol–water partition coefficient (Wildman–Crippen LogP) is 4.84. The third-order valence-electron chi connectivity index (χ3n) is 5.75. The van der Waals surface area contributed by atoms with Gasteiger partial charge >= 0.3 is 0 Å². The van der Waals surface area contributed by atoms with Crippen molar-refractivity contribution in [2.75, 3.05) is 39.0 Å². The molecule has 1 atom stereocenters. The normalized spacial score (nSPS) is 14.3. The molecule has 0 bridgehead atoms. The summed E-state index contributed by atoms with van der Waals surface area (Å²) >= 11 is 0. The second-order valence-electron chi connectivity index (χ2n) is 8.73. The average molecular weight is 422 g/mol. The summed E-state index contributed by atoms with van der Waals surface area (Å²) in [6.45, 7) is 5.16. The number of aliphatic hydroxyl groups excluding tert-OH is 1. The van der Waals surface area contributed by atoms with Crippen LogP contribution >= 0.6 is 0 Å². The zero-order valence-electron chi connectivity index (χ0n) is 18.7. The number of nitrogens with zero attached hydrogens (tertiary/aromatic N) is 1. The molecule has 0 aliphatic rings. The van der Waals surface area contributed by atoms with E-state index in [0.717, 1.165) is 43.4 Å². The van der Waals surface area contributed by atoms with Gasteiger partial charge in [0.1, 0.15) is 0 Å². The van der Waals surface area contributed by atoms with Gasteiger partial charge in [0.2, 0.25) is 0 Å². The molecule has 0 fully saturated rings. The van der Waals surface area contributed by atoms with Crippen molar-refractivity contribution in [3.63, 3.8) is 0 Å². The van der Waals surface area contributed by atoms with Crippen LogP contribution in [0.5, 0.6) is 0 Å². The number of hydrogen-bond donors (Lipinski definition) is 1. The van der Waals surface area contributed by atoms with Crippen LogP contribution in [0.15, 0.2) is 0 Å². The van der Waals surface area contributed by atoms with Gasteiger partial charge < -0.3 is 14.1 Å². The second-order valence-corrected chi connectivity index (χ2v) is 10.2. The third kappa shape index (κ3) is 19.2. The van der Waals surface area contributed by atoms with Crippen LogP contribution in [-0.2, 0) is 10.1 Å². The van der Waals surface area contributed by atoms with Gasteiger partial charge in [-0.25, -0.2) is 8.42 Å². The summed E-state index contributed by atoms with van der Waals surface area (Å²) in [6, 6.07) is 0. The van der Waals surface area contributed by atoms with Crippen molar-refractivity contribution in [3.05, 3.63) is 0 Å². The van der Waals surface area contributed by atoms with Crippen LogP contribution in [0.2, 0.25) is 0 Å². The lowest BCUT2D eigenvalue weighted by molar-refractivity contribution is -0.910. The van der Waals surface area contributed by atoms with Gasteiger partial charge in [0.25, 0.3) is 0 Å². The van der Waals surface area contributed by atoms with Gasteiger partial charge in [0.15, 0.2) is 0 Å². The smallest absolute Gasteiger partial charge is 0.0948 e. The molecule has 0 spiro atoms. The fourth-order valence-electron chi connectivity index (χ4n) is 3.90. The Morgan fingerprint density at radius 2 is 1.07 bits per heavy atom. The van der Waals surface area contributed by atoms with E-state index in [1.165, 1.54) is 70.6 Å². The van der Waals surface area contributed by atoms with Crippen molar-refractivity contribution in [2.24, 2.45) is 0 Å². The Kier molecular flexibility index (Phi) is 17.6. The molecule has 0 aliphatic carbocycles. The summed E-state index contributed by atoms with van der Waals surface area (Å²) in [5, 5.41) is 9.01. The third-order valence-corrected chi connectivity index (χ3v) is 6.54. The van der Waals surface area contributed by atoms with Crippen LogP contribution in [0.1, 0.15) is 103 Å². The lowest BCUT2D eigenvalue weighted by atomic mass is 10.0. The SMILES string of the molecule is CCCCCCCCCCCCCC[N+](C)(CCCCO)CCCS(=O)(=O)[O-]. The molecule has 0 heterocycles. The first-order valence-corrected chi connectivity index (χ1v) is 13.3. The zero-order valence-corrected chi connectivity index (χ0v) is 19.5. The molecule has 1 unspecified atom stereocenters. The Labute approximate surface area is 175 Å². The molecule has 0 saturated carbocycles. The van der Waals surface area contributed by atoms with E-state index < -0.39 is 10.1 Å². The standard InChI is InChI=1S/C22H47NO4S/c1-3-4-5-6-7-8-9-10-11-12-13-14-18-23(2,19-15-16-21-24)20-17-22-28(25,26)27/h24H,3-22H2,1-2H3. The molecule has 0 aromatic heterocycles. The van der Waals surface area contributed by atoms with Crippen LogP contribution in [0.25, 0.3) is 0 Å². The highest BCUT2D eigenvalue weighted by Gasteiger charge is 2.20. The Hall–Kier alpha value is -0.170. The van der Waals surface area contributed by atoms with E-state index in [4.69, 9.17) is 5.11 Å². The molecule has 0 aromatic rings. The van der Waals surface area contributed by atoms with Crippen molar-refractivity contribution in [1.29, 1.82) is 0 Å². The predicted molar refractivity (Wildman–Crippen MR) is 117 cm³/mol. The minimum atomic E-state index is -4.12. The van der Waals surface area contributed by atoms with E-state index in [1.54, 1.807) is 0 Å². The molecule has 0 rings (SSSR count). The van der Waals surface area contributed by atoms with Gasteiger partial charge in [-0.3, -0.25) is 0 Å². The lowest BCUT2D eigenvalue weighted by Gasteiger charge is -2.35. The number of unbranched alkanes of at least 4 members (excludes halogenated alkanes) is 12. The fraction of sp³-hybridized carbons (Fsp3) is 1.00. The summed E-state index contributed by atoms with van der Waals surface area (Å²) in [7, 11) is -1.96. The quantitative estimate of drug-likeness (QED) is 0.163. The second kappa shape index (κ2) is 17.7. The van der Waals surface area contributed by atoms with Crippen LogP contribution in [-0.4, -0.2) is 61.6 Å². The van der Waals surface area contributed by atoms with E-state index in [2.05, 4.69) is 14.0 Å². The van der Waals surface area contributed by atoms with Gasteiger partial charge in [-0.2, -0.15) is 0 Å². The van der Waals surface area contributed by atoms with Crippen molar-refractivity contribution in [3.8, 4) is 0 Å². The first-order chi connectivity index (χ1) is 13.3. The molecule has 5 nitrogen and oxygen atoms in total. The Morgan fingerprint density at radius 1 is 0.679 bits per heavy atom. The topological polar surface area (TPSA) is 77.4 Å². The molecule has 28 heavy (non-hydrogen) atoms. The van der Waals surface area contributed by atoms with Gasteiger partial charge in [0, 0.05) is 18.8 Å². The van der Waals surface area contributed by atoms with Crippen molar-refractivity contribution in [2.45, 2.75) is 103 Å². The number of quaternary nitrogens is 1. The molecule has 170 valence electrons. The number of rotatable bonds is 21. The number of hydrogen-bond acceptors (Lipinski definition) is 4. The molecular formula is C22H47NO4S. The summed E-state index contributed by atoms with van der Waals surface area (Å²) in [5.41, 5.74) is 0. The van der Waals surface area contributed by atoms with Crippen LogP contribution in [0.4, 0.5) is 0 Å². The lowest BCUT2D eigenvalue weighted by Crippen LogP contribution is -2.46. The highest BCUT2D eigenvalue weighted by atomic mass is 32.2. The van der Waals surface area contributed by atoms with Gasteiger partial charge in [-0.1, -0.05) is 71.1 Å². The monoisotopic (exact) mass is 421 g/mol. The van der Waals surface area contributed by atoms with Gasteiger partial charge in [-0.15, -0.1) is 0 Å². The maximum Gasteiger partial charge on any atom is 0.0948 e. The molecular weight excluding hydrogens is 374 g/mol. The molecule has 0 radical (unpaired) electrons. The van der Waals surface area contributed by atoms with E-state index in [1.807, 2.05) is 0 Å². The minimum absolute atomic E-state index is 0.202. The maximum absolute atomic E-state index is 10.9. The van der Waals surface area contributed by atoms with E-state index >= 15 is 0 Å². The first-order valence-electron chi connectivity index (χ1n) is 11.7. The Bertz CT molecular complexity index is 442. The summed E-state index contributed by atoms with van der Waals surface area (Å²) < 4.78 is 33.4. The molecule has 0 amide bonds. The maximum atomic E-state index is 10.9. The van der Waals surface area contributed by atoms with Crippen molar-refractivity contribution < 1.29 is 22.6 Å². The minimum Gasteiger partial charge on any atom is -0.748 e. The van der Waals surface area contributed by atoms with E-state index in [0.29, 0.717) is 6.42 Å². The Balaban J connectivity index is 3.85. The first kappa shape index (κ1) is 27.8. The summed E-state index contributed by atoms with van der Waals surface area (Å²) in [6.07, 6.45) is 18.1. The molecule has 1 N–H and O–H groups in total. The average Bonchev–Trinajstić information content (AvgIpc) is 2.62. The van der Waals surface area contributed by atoms with E-state index in [9.17, 15) is 13.0 Å². The van der Waals surface area contributed by atoms with Crippen LogP contribution < -0.4 is 0 Å². The molecule has 6 heteroatoms. The summed E-state index contributed by atoms with van der Waals surface area (Å²) in [5.74, 6) is -0.265. The molecule has 0 saturated heterocycles. The van der Waals surface area contributed by atoms with Gasteiger partial charge in [-0.05, 0) is 25.7 Å². The highest BCUT2D eigenvalue weighted by Crippen LogP contribution is 2.15. The Morgan fingerprint density at radius 3 is 1.50 bits per heavy atom. The fourth-order valence-corrected chi connectivity index (χ4v) is 4.38. The van der Waals surface area contributed by atoms with Crippen LogP contribution in [0, 0.1) is 0 Å². The van der Waals surface area contributed by atoms with Crippen molar-refractivity contribution in [1.82, 2.24) is 0 Å². The zero-order chi connectivity index (χ0) is 21.1. The highest BCUT2D eigenvalue weighted by molar-refractivity contribution is 7.85. The largest absolute Gasteiger partial charge is 0.748 e. The van der Waals surface area contributed by atoms with Crippen molar-refractivity contribution >= 4 is 10.1 Å². The molecule has 0 aliphatic heterocycles.